The van der Waals surface area contributed by atoms with E-state index in [-0.39, 0.29) is 0 Å². The van der Waals surface area contributed by atoms with E-state index in [1.165, 1.54) is 6.08 Å². The highest BCUT2D eigenvalue weighted by Crippen LogP contribution is 2.09. The Bertz CT molecular complexity index is 214. The van der Waals surface area contributed by atoms with Crippen molar-refractivity contribution in [2.75, 3.05) is 0 Å². The zero-order valence-electron chi connectivity index (χ0n) is 5.84. The van der Waals surface area contributed by atoms with E-state index in [1.807, 2.05) is 17.5 Å². The Hall–Kier alpha value is -0.700. The van der Waals surface area contributed by atoms with E-state index in [4.69, 9.17) is 0 Å². The number of rotatable bonds is 3. The van der Waals surface area contributed by atoms with E-state index < -0.39 is 6.43 Å². The lowest BCUT2D eigenvalue weighted by molar-refractivity contribution is 0.204. The number of allylic oxidation sites excluding steroid dienone is 2. The van der Waals surface area contributed by atoms with Crippen LogP contribution in [-0.2, 0) is 6.42 Å². The van der Waals surface area contributed by atoms with E-state index in [2.05, 4.69) is 0 Å². The van der Waals surface area contributed by atoms with Crippen LogP contribution in [0.2, 0.25) is 0 Å². The molecule has 1 rings (SSSR count). The van der Waals surface area contributed by atoms with Gasteiger partial charge in [0.25, 0.3) is 6.43 Å². The van der Waals surface area contributed by atoms with E-state index in [9.17, 15) is 8.78 Å². The Balaban J connectivity index is 2.34. The van der Waals surface area contributed by atoms with E-state index >= 15 is 0 Å². The molecule has 0 radical (unpaired) electrons. The van der Waals surface area contributed by atoms with Crippen molar-refractivity contribution in [2.24, 2.45) is 0 Å². The third kappa shape index (κ3) is 3.28. The minimum Gasteiger partial charge on any atom is -0.206 e. The Morgan fingerprint density at radius 1 is 1.55 bits per heavy atom. The van der Waals surface area contributed by atoms with Crippen molar-refractivity contribution in [2.45, 2.75) is 12.8 Å². The average Bonchev–Trinajstić information content (AvgIpc) is 2.39. The molecule has 0 aliphatic heterocycles. The van der Waals surface area contributed by atoms with E-state index in [0.29, 0.717) is 6.42 Å². The third-order valence-electron chi connectivity index (χ3n) is 1.18. The zero-order valence-corrected chi connectivity index (χ0v) is 6.65. The number of hydrogen-bond acceptors (Lipinski definition) is 1. The van der Waals surface area contributed by atoms with Gasteiger partial charge in [-0.25, -0.2) is 8.78 Å². The molecule has 0 unspecified atom stereocenters. The summed E-state index contributed by atoms with van der Waals surface area (Å²) in [5, 5.41) is 1.94. The molecule has 0 aliphatic rings. The number of alkyl halides is 2. The molecule has 0 N–H and O–H groups in total. The molecule has 60 valence electrons. The summed E-state index contributed by atoms with van der Waals surface area (Å²) in [7, 11) is 0. The first-order chi connectivity index (χ1) is 5.29. The molecule has 0 aromatic carbocycles. The standard InChI is InChI=1S/C8H8F2S/c9-8(10)5-1-3-7-4-2-6-11-7/h1-2,4-6,8H,3H2. The second-order valence-electron chi connectivity index (χ2n) is 2.05. The van der Waals surface area contributed by atoms with Gasteiger partial charge in [-0.3, -0.25) is 0 Å². The van der Waals surface area contributed by atoms with Crippen molar-refractivity contribution in [1.82, 2.24) is 0 Å². The van der Waals surface area contributed by atoms with Crippen LogP contribution >= 0.6 is 11.3 Å². The topological polar surface area (TPSA) is 0 Å². The van der Waals surface area contributed by atoms with Crippen molar-refractivity contribution in [3.05, 3.63) is 34.5 Å². The number of thiophene rings is 1. The molecular formula is C8H8F2S. The molecule has 0 atom stereocenters. The molecule has 1 heterocycles. The summed E-state index contributed by atoms with van der Waals surface area (Å²) in [4.78, 5) is 1.11. The molecule has 0 fully saturated rings. The van der Waals surface area contributed by atoms with Gasteiger partial charge in [0, 0.05) is 4.88 Å². The first-order valence-corrected chi connectivity index (χ1v) is 4.14. The van der Waals surface area contributed by atoms with Gasteiger partial charge in [0.2, 0.25) is 0 Å². The normalized spacial score (nSPS) is 11.5. The molecule has 3 heteroatoms. The zero-order chi connectivity index (χ0) is 8.10. The molecule has 0 aliphatic carbocycles. The lowest BCUT2D eigenvalue weighted by atomic mass is 10.3. The molecular weight excluding hydrogens is 166 g/mol. The highest BCUT2D eigenvalue weighted by molar-refractivity contribution is 7.09. The summed E-state index contributed by atoms with van der Waals surface area (Å²) >= 11 is 1.58. The van der Waals surface area contributed by atoms with Crippen LogP contribution in [0.3, 0.4) is 0 Å². The monoisotopic (exact) mass is 174 g/mol. The van der Waals surface area contributed by atoms with Gasteiger partial charge < -0.3 is 0 Å². The van der Waals surface area contributed by atoms with E-state index in [0.717, 1.165) is 11.0 Å². The van der Waals surface area contributed by atoms with Crippen LogP contribution in [0.1, 0.15) is 4.88 Å². The molecule has 0 saturated carbocycles. The van der Waals surface area contributed by atoms with Gasteiger partial charge in [0.15, 0.2) is 0 Å². The van der Waals surface area contributed by atoms with Crippen LogP contribution in [0.4, 0.5) is 8.78 Å². The summed E-state index contributed by atoms with van der Waals surface area (Å²) in [6.45, 7) is 0. The quantitative estimate of drug-likeness (QED) is 0.617. The van der Waals surface area contributed by atoms with Crippen LogP contribution in [0.25, 0.3) is 0 Å². The van der Waals surface area contributed by atoms with Crippen molar-refractivity contribution < 1.29 is 8.78 Å². The fourth-order valence-electron chi connectivity index (χ4n) is 0.716. The second-order valence-corrected chi connectivity index (χ2v) is 3.08. The Labute approximate surface area is 68.2 Å². The Morgan fingerprint density at radius 3 is 2.91 bits per heavy atom. The van der Waals surface area contributed by atoms with Crippen molar-refractivity contribution >= 4 is 11.3 Å². The van der Waals surface area contributed by atoms with Gasteiger partial charge in [0.1, 0.15) is 0 Å². The smallest absolute Gasteiger partial charge is 0.206 e. The van der Waals surface area contributed by atoms with Crippen LogP contribution in [-0.4, -0.2) is 6.43 Å². The van der Waals surface area contributed by atoms with Gasteiger partial charge >= 0.3 is 0 Å². The van der Waals surface area contributed by atoms with Gasteiger partial charge in [-0.15, -0.1) is 11.3 Å². The van der Waals surface area contributed by atoms with Gasteiger partial charge in [0.05, 0.1) is 0 Å². The molecule has 0 amide bonds. The summed E-state index contributed by atoms with van der Waals surface area (Å²) in [6.07, 6.45) is 0.702. The van der Waals surface area contributed by atoms with Crippen molar-refractivity contribution in [3.63, 3.8) is 0 Å². The maximum absolute atomic E-state index is 11.6. The number of hydrogen-bond donors (Lipinski definition) is 0. The Kier molecular flexibility index (Phi) is 3.23. The molecule has 0 saturated heterocycles. The minimum atomic E-state index is -2.32. The molecule has 11 heavy (non-hydrogen) atoms. The first-order valence-electron chi connectivity index (χ1n) is 3.26. The van der Waals surface area contributed by atoms with E-state index in [1.54, 1.807) is 11.3 Å². The van der Waals surface area contributed by atoms with Crippen LogP contribution in [0, 0.1) is 0 Å². The average molecular weight is 174 g/mol. The van der Waals surface area contributed by atoms with Gasteiger partial charge in [-0.05, 0) is 23.9 Å². The fourth-order valence-corrected chi connectivity index (χ4v) is 1.40. The lowest BCUT2D eigenvalue weighted by Gasteiger charge is -1.87. The third-order valence-corrected chi connectivity index (χ3v) is 2.08. The maximum atomic E-state index is 11.6. The molecule has 0 nitrogen and oxygen atoms in total. The first kappa shape index (κ1) is 8.40. The second kappa shape index (κ2) is 4.23. The van der Waals surface area contributed by atoms with Crippen LogP contribution in [0.15, 0.2) is 29.7 Å². The Morgan fingerprint density at radius 2 is 2.36 bits per heavy atom. The predicted octanol–water partition coefficient (Wildman–Crippen LogP) is 3.11. The highest BCUT2D eigenvalue weighted by Gasteiger charge is 1.93. The number of halogens is 2. The lowest BCUT2D eigenvalue weighted by Crippen LogP contribution is -1.81. The van der Waals surface area contributed by atoms with Gasteiger partial charge in [-0.2, -0.15) is 0 Å². The molecule has 0 bridgehead atoms. The minimum absolute atomic E-state index is 0.613. The maximum Gasteiger partial charge on any atom is 0.257 e. The molecule has 1 aromatic rings. The summed E-state index contributed by atoms with van der Waals surface area (Å²) < 4.78 is 23.2. The highest BCUT2D eigenvalue weighted by atomic mass is 32.1. The SMILES string of the molecule is FC(F)C=CCc1cccs1. The predicted molar refractivity (Wildman–Crippen MR) is 43.2 cm³/mol. The molecule has 0 spiro atoms. The molecule has 1 aromatic heterocycles. The summed E-state index contributed by atoms with van der Waals surface area (Å²) in [6, 6.07) is 3.84. The summed E-state index contributed by atoms with van der Waals surface area (Å²) in [5.41, 5.74) is 0. The summed E-state index contributed by atoms with van der Waals surface area (Å²) in [5.74, 6) is 0. The fraction of sp³-hybridized carbons (Fsp3) is 0.250. The van der Waals surface area contributed by atoms with Crippen molar-refractivity contribution in [1.29, 1.82) is 0 Å². The van der Waals surface area contributed by atoms with Crippen LogP contribution < -0.4 is 0 Å². The van der Waals surface area contributed by atoms with Crippen LogP contribution in [0.5, 0.6) is 0 Å². The largest absolute Gasteiger partial charge is 0.257 e. The van der Waals surface area contributed by atoms with Gasteiger partial charge in [-0.1, -0.05) is 12.1 Å². The van der Waals surface area contributed by atoms with Crippen molar-refractivity contribution in [3.8, 4) is 0 Å².